The van der Waals surface area contributed by atoms with Crippen molar-refractivity contribution in [3.63, 3.8) is 0 Å². The highest BCUT2D eigenvalue weighted by Crippen LogP contribution is 2.13. The predicted octanol–water partition coefficient (Wildman–Crippen LogP) is 2.28. The summed E-state index contributed by atoms with van der Waals surface area (Å²) in [5.41, 5.74) is 0. The second kappa shape index (κ2) is 13.3. The topological polar surface area (TPSA) is 52.6 Å². The largest absolute Gasteiger partial charge is 0.461 e. The van der Waals surface area contributed by atoms with Crippen molar-refractivity contribution in [2.24, 2.45) is 0 Å². The van der Waals surface area contributed by atoms with E-state index in [2.05, 4.69) is 6.58 Å². The number of Topliss-reactive ketones (excluding diaryl/α,β-unsaturated/α-hetero) is 1. The zero-order valence-corrected chi connectivity index (χ0v) is 12.0. The van der Waals surface area contributed by atoms with E-state index >= 15 is 0 Å². The number of rotatable bonds is 11. The van der Waals surface area contributed by atoms with Gasteiger partial charge in [-0.05, 0) is 39.0 Å². The van der Waals surface area contributed by atoms with Crippen LogP contribution in [0.4, 0.5) is 0 Å². The molecular weight excluding hydrogens is 243 g/mol. The molecule has 0 aromatic rings. The highest BCUT2D eigenvalue weighted by molar-refractivity contribution is 5.76. The molecule has 0 fully saturated rings. The summed E-state index contributed by atoms with van der Waals surface area (Å²) in [7, 11) is 1.45. The SMILES string of the molecule is C=CCCCCC(CCC(C)=O)OC(=O)COC.[B]. The molecule has 0 aliphatic rings. The smallest absolute Gasteiger partial charge is 0.332 e. The first-order valence-corrected chi connectivity index (χ1v) is 6.39. The van der Waals surface area contributed by atoms with E-state index in [1.165, 1.54) is 7.11 Å². The molecule has 0 bridgehead atoms. The molecule has 0 aromatic heterocycles. The summed E-state index contributed by atoms with van der Waals surface area (Å²) in [5, 5.41) is 0. The molecule has 0 saturated carbocycles. The maximum absolute atomic E-state index is 11.3. The van der Waals surface area contributed by atoms with Gasteiger partial charge in [0.1, 0.15) is 18.5 Å². The summed E-state index contributed by atoms with van der Waals surface area (Å²) >= 11 is 0. The third-order valence-electron chi connectivity index (χ3n) is 2.56. The van der Waals surface area contributed by atoms with Gasteiger partial charge in [-0.3, -0.25) is 0 Å². The molecule has 0 spiro atoms. The lowest BCUT2D eigenvalue weighted by atomic mass is 10.0. The van der Waals surface area contributed by atoms with Crippen molar-refractivity contribution < 1.29 is 19.1 Å². The third-order valence-corrected chi connectivity index (χ3v) is 2.56. The molecule has 0 aliphatic carbocycles. The summed E-state index contributed by atoms with van der Waals surface area (Å²) in [6, 6.07) is 0. The molecule has 0 aliphatic heterocycles. The molecule has 1 atom stereocenters. The number of hydrogen-bond acceptors (Lipinski definition) is 4. The van der Waals surface area contributed by atoms with E-state index in [4.69, 9.17) is 9.47 Å². The lowest BCUT2D eigenvalue weighted by molar-refractivity contribution is -0.154. The number of esters is 1. The Hall–Kier alpha value is -1.10. The maximum atomic E-state index is 11.3. The fourth-order valence-electron chi connectivity index (χ4n) is 1.62. The second-order valence-electron chi connectivity index (χ2n) is 4.36. The number of carbonyl (C=O) groups is 2. The van der Waals surface area contributed by atoms with E-state index in [-0.39, 0.29) is 32.9 Å². The van der Waals surface area contributed by atoms with E-state index in [1.54, 1.807) is 6.92 Å². The molecule has 0 heterocycles. The van der Waals surface area contributed by atoms with Gasteiger partial charge in [-0.25, -0.2) is 4.79 Å². The van der Waals surface area contributed by atoms with Crippen LogP contribution in [0, 0.1) is 0 Å². The first kappa shape index (κ1) is 20.2. The minimum Gasteiger partial charge on any atom is -0.461 e. The van der Waals surface area contributed by atoms with E-state index in [0.29, 0.717) is 12.8 Å². The number of ether oxygens (including phenoxy) is 2. The van der Waals surface area contributed by atoms with Crippen LogP contribution in [0.1, 0.15) is 45.4 Å². The van der Waals surface area contributed by atoms with E-state index < -0.39 is 0 Å². The van der Waals surface area contributed by atoms with Crippen LogP contribution in [0.2, 0.25) is 0 Å². The Labute approximate surface area is 118 Å². The third kappa shape index (κ3) is 13.1. The average molecular weight is 267 g/mol. The van der Waals surface area contributed by atoms with Gasteiger partial charge in [0.2, 0.25) is 0 Å². The molecule has 107 valence electrons. The summed E-state index contributed by atoms with van der Waals surface area (Å²) in [5.74, 6) is -0.247. The summed E-state index contributed by atoms with van der Waals surface area (Å²) in [6.45, 7) is 5.17. The molecule has 3 radical (unpaired) electrons. The van der Waals surface area contributed by atoms with Gasteiger partial charge < -0.3 is 14.3 Å². The van der Waals surface area contributed by atoms with Crippen LogP contribution in [0.25, 0.3) is 0 Å². The molecule has 0 saturated heterocycles. The molecule has 1 unspecified atom stereocenters. The Morgan fingerprint density at radius 1 is 1.26 bits per heavy atom. The highest BCUT2D eigenvalue weighted by atomic mass is 16.6. The van der Waals surface area contributed by atoms with Gasteiger partial charge in [0.25, 0.3) is 0 Å². The first-order chi connectivity index (χ1) is 8.60. The quantitative estimate of drug-likeness (QED) is 0.249. The summed E-state index contributed by atoms with van der Waals surface area (Å²) < 4.78 is 10.00. The van der Waals surface area contributed by atoms with Crippen molar-refractivity contribution >= 4 is 20.2 Å². The number of allylic oxidation sites excluding steroid dienone is 1. The summed E-state index contributed by atoms with van der Waals surface area (Å²) in [4.78, 5) is 22.3. The Morgan fingerprint density at radius 2 is 1.95 bits per heavy atom. The highest BCUT2D eigenvalue weighted by Gasteiger charge is 2.14. The van der Waals surface area contributed by atoms with Crippen LogP contribution >= 0.6 is 0 Å². The standard InChI is InChI=1S/C14H24O4.B/c1-4-5-6-7-8-13(10-9-12(2)15)18-14(16)11-17-3;/h4,13H,1,5-11H2,2-3H3;. The van der Waals surface area contributed by atoms with Crippen LogP contribution < -0.4 is 0 Å². The van der Waals surface area contributed by atoms with Crippen LogP contribution in [0.5, 0.6) is 0 Å². The van der Waals surface area contributed by atoms with E-state index in [9.17, 15) is 9.59 Å². The van der Waals surface area contributed by atoms with Crippen molar-refractivity contribution in [3.8, 4) is 0 Å². The molecule has 0 aromatic carbocycles. The minimum absolute atomic E-state index is 0. The molecular formula is C14H24BO4. The van der Waals surface area contributed by atoms with Crippen LogP contribution in [-0.2, 0) is 19.1 Å². The molecule has 4 nitrogen and oxygen atoms in total. The zero-order chi connectivity index (χ0) is 13.8. The molecule has 19 heavy (non-hydrogen) atoms. The number of ketones is 1. The molecule has 5 heteroatoms. The first-order valence-electron chi connectivity index (χ1n) is 6.39. The van der Waals surface area contributed by atoms with Crippen LogP contribution in [0.3, 0.4) is 0 Å². The number of carbonyl (C=O) groups excluding carboxylic acids is 2. The Balaban J connectivity index is 0. The Bertz CT molecular complexity index is 266. The van der Waals surface area contributed by atoms with Gasteiger partial charge in [0.15, 0.2) is 0 Å². The van der Waals surface area contributed by atoms with Crippen molar-refractivity contribution in [2.45, 2.75) is 51.6 Å². The molecule has 0 amide bonds. The lowest BCUT2D eigenvalue weighted by Gasteiger charge is -2.17. The monoisotopic (exact) mass is 267 g/mol. The maximum Gasteiger partial charge on any atom is 0.332 e. The zero-order valence-electron chi connectivity index (χ0n) is 12.0. The van der Waals surface area contributed by atoms with Gasteiger partial charge in [-0.15, -0.1) is 6.58 Å². The fraction of sp³-hybridized carbons (Fsp3) is 0.714. The van der Waals surface area contributed by atoms with Crippen LogP contribution in [0.15, 0.2) is 12.7 Å². The van der Waals surface area contributed by atoms with Crippen molar-refractivity contribution in [2.75, 3.05) is 13.7 Å². The Kier molecular flexibility index (Phi) is 14.2. The molecule has 0 N–H and O–H groups in total. The van der Waals surface area contributed by atoms with Gasteiger partial charge in [-0.1, -0.05) is 6.08 Å². The molecule has 0 rings (SSSR count). The van der Waals surface area contributed by atoms with Crippen molar-refractivity contribution in [1.29, 1.82) is 0 Å². The predicted molar refractivity (Wildman–Crippen MR) is 76.1 cm³/mol. The average Bonchev–Trinajstić information content (AvgIpc) is 2.31. The fourth-order valence-corrected chi connectivity index (χ4v) is 1.62. The Morgan fingerprint density at radius 3 is 2.47 bits per heavy atom. The normalized spacial score (nSPS) is 11.3. The van der Waals surface area contributed by atoms with Crippen LogP contribution in [-0.4, -0.2) is 40.0 Å². The van der Waals surface area contributed by atoms with Gasteiger partial charge in [0, 0.05) is 21.9 Å². The van der Waals surface area contributed by atoms with Gasteiger partial charge in [0.05, 0.1) is 0 Å². The van der Waals surface area contributed by atoms with Gasteiger partial charge >= 0.3 is 5.97 Å². The van der Waals surface area contributed by atoms with Crippen molar-refractivity contribution in [3.05, 3.63) is 12.7 Å². The lowest BCUT2D eigenvalue weighted by Crippen LogP contribution is -2.22. The van der Waals surface area contributed by atoms with Crippen molar-refractivity contribution in [1.82, 2.24) is 0 Å². The van der Waals surface area contributed by atoms with Gasteiger partial charge in [-0.2, -0.15) is 0 Å². The minimum atomic E-state index is -0.366. The number of hydrogen-bond donors (Lipinski definition) is 0. The number of methoxy groups -OCH3 is 1. The number of unbranched alkanes of at least 4 members (excludes halogenated alkanes) is 2. The second-order valence-corrected chi connectivity index (χ2v) is 4.36. The van der Waals surface area contributed by atoms with E-state index in [1.807, 2.05) is 6.08 Å². The summed E-state index contributed by atoms with van der Waals surface area (Å²) in [6.07, 6.45) is 6.49. The van der Waals surface area contributed by atoms with E-state index in [0.717, 1.165) is 25.7 Å².